The van der Waals surface area contributed by atoms with Crippen molar-refractivity contribution in [1.29, 1.82) is 0 Å². The zero-order chi connectivity index (χ0) is 17.8. The molecule has 25 heavy (non-hydrogen) atoms. The summed E-state index contributed by atoms with van der Waals surface area (Å²) in [6.07, 6.45) is -1.09. The summed E-state index contributed by atoms with van der Waals surface area (Å²) in [5.74, 6) is 1.27. The van der Waals surface area contributed by atoms with Gasteiger partial charge in [0.2, 0.25) is 6.10 Å². The van der Waals surface area contributed by atoms with E-state index >= 15 is 0 Å². The first-order valence-corrected chi connectivity index (χ1v) is 8.10. The smallest absolute Gasteiger partial charge is 0.267 e. The number of carbonyl (C=O) groups is 1. The molecule has 2 atom stereocenters. The average Bonchev–Trinajstić information content (AvgIpc) is 2.62. The van der Waals surface area contributed by atoms with Crippen molar-refractivity contribution in [3.8, 4) is 17.2 Å². The Labute approximate surface area is 145 Å². The molecular weight excluding hydrogens is 325 g/mol. The Hall–Kier alpha value is -2.76. The standard InChI is InChI=1S/C19H20FNO4/c1-13-18(25-17-6-4-3-5-16(17)24-13)19(22)21(2)11-12-23-15-9-7-14(20)8-10-15/h3-10,13,18H,11-12H2,1-2H3. The molecule has 5 nitrogen and oxygen atoms in total. The number of fused-ring (bicyclic) bond motifs is 1. The maximum atomic E-state index is 12.9. The molecule has 132 valence electrons. The van der Waals surface area contributed by atoms with Crippen LogP contribution in [0.1, 0.15) is 6.92 Å². The lowest BCUT2D eigenvalue weighted by Crippen LogP contribution is -2.50. The Morgan fingerprint density at radius 3 is 2.44 bits per heavy atom. The molecule has 1 heterocycles. The number of ether oxygens (including phenoxy) is 3. The number of likely N-dealkylation sites (N-methyl/N-ethyl adjacent to an activating group) is 1. The van der Waals surface area contributed by atoms with Gasteiger partial charge in [0.15, 0.2) is 11.5 Å². The van der Waals surface area contributed by atoms with Crippen LogP contribution in [0.25, 0.3) is 0 Å². The SMILES string of the molecule is CC1Oc2ccccc2OC1C(=O)N(C)CCOc1ccc(F)cc1. The van der Waals surface area contributed by atoms with E-state index in [1.807, 2.05) is 18.2 Å². The van der Waals surface area contributed by atoms with Crippen LogP contribution in [0.4, 0.5) is 4.39 Å². The topological polar surface area (TPSA) is 48.0 Å². The number of para-hydroxylation sites is 2. The van der Waals surface area contributed by atoms with Crippen LogP contribution < -0.4 is 14.2 Å². The summed E-state index contributed by atoms with van der Waals surface area (Å²) in [5, 5.41) is 0. The number of amides is 1. The lowest BCUT2D eigenvalue weighted by Gasteiger charge is -2.33. The molecule has 0 aromatic heterocycles. The minimum atomic E-state index is -0.703. The lowest BCUT2D eigenvalue weighted by molar-refractivity contribution is -0.143. The van der Waals surface area contributed by atoms with Crippen LogP contribution in [0, 0.1) is 5.82 Å². The molecule has 0 saturated heterocycles. The summed E-state index contributed by atoms with van der Waals surface area (Å²) in [4.78, 5) is 14.2. The molecule has 2 aromatic rings. The van der Waals surface area contributed by atoms with Gasteiger partial charge in [0.1, 0.15) is 24.3 Å². The maximum Gasteiger partial charge on any atom is 0.267 e. The summed E-state index contributed by atoms with van der Waals surface area (Å²) < 4.78 is 29.9. The first-order valence-electron chi connectivity index (χ1n) is 8.10. The summed E-state index contributed by atoms with van der Waals surface area (Å²) in [6.45, 7) is 2.48. The van der Waals surface area contributed by atoms with Gasteiger partial charge in [-0.25, -0.2) is 4.39 Å². The van der Waals surface area contributed by atoms with E-state index in [4.69, 9.17) is 14.2 Å². The average molecular weight is 345 g/mol. The first-order chi connectivity index (χ1) is 12.0. The third-order valence-corrected chi connectivity index (χ3v) is 3.97. The van der Waals surface area contributed by atoms with Gasteiger partial charge in [0, 0.05) is 7.05 Å². The van der Waals surface area contributed by atoms with E-state index in [1.165, 1.54) is 12.1 Å². The quantitative estimate of drug-likeness (QED) is 0.836. The van der Waals surface area contributed by atoms with E-state index in [0.717, 1.165) is 0 Å². The summed E-state index contributed by atoms with van der Waals surface area (Å²) in [5.41, 5.74) is 0. The molecule has 3 rings (SSSR count). The molecular formula is C19H20FNO4. The van der Waals surface area contributed by atoms with Crippen LogP contribution in [0.15, 0.2) is 48.5 Å². The number of benzene rings is 2. The van der Waals surface area contributed by atoms with Crippen molar-refractivity contribution in [1.82, 2.24) is 4.90 Å². The molecule has 0 bridgehead atoms. The Kier molecular flexibility index (Phi) is 5.07. The molecule has 2 unspecified atom stereocenters. The molecule has 6 heteroatoms. The largest absolute Gasteiger partial charge is 0.492 e. The second-order valence-electron chi connectivity index (χ2n) is 5.87. The molecule has 0 N–H and O–H groups in total. The highest BCUT2D eigenvalue weighted by Crippen LogP contribution is 2.33. The van der Waals surface area contributed by atoms with Crippen LogP contribution in [0.2, 0.25) is 0 Å². The Morgan fingerprint density at radius 2 is 1.76 bits per heavy atom. The van der Waals surface area contributed by atoms with Crippen LogP contribution in [0.3, 0.4) is 0 Å². The van der Waals surface area contributed by atoms with Gasteiger partial charge < -0.3 is 19.1 Å². The molecule has 1 aliphatic rings. The predicted octanol–water partition coefficient (Wildman–Crippen LogP) is 2.89. The normalized spacial score (nSPS) is 18.5. The van der Waals surface area contributed by atoms with Crippen LogP contribution in [-0.2, 0) is 4.79 Å². The second kappa shape index (κ2) is 7.42. The van der Waals surface area contributed by atoms with E-state index in [2.05, 4.69) is 0 Å². The lowest BCUT2D eigenvalue weighted by atomic mass is 10.1. The molecule has 0 saturated carbocycles. The van der Waals surface area contributed by atoms with Crippen molar-refractivity contribution in [3.63, 3.8) is 0 Å². The van der Waals surface area contributed by atoms with Crippen molar-refractivity contribution in [2.45, 2.75) is 19.1 Å². The molecule has 0 aliphatic carbocycles. The van der Waals surface area contributed by atoms with Gasteiger partial charge in [0.25, 0.3) is 5.91 Å². The Morgan fingerprint density at radius 1 is 1.12 bits per heavy atom. The zero-order valence-corrected chi connectivity index (χ0v) is 14.1. The van der Waals surface area contributed by atoms with E-state index in [0.29, 0.717) is 30.4 Å². The fraction of sp³-hybridized carbons (Fsp3) is 0.316. The van der Waals surface area contributed by atoms with Crippen LogP contribution in [0.5, 0.6) is 17.2 Å². The number of rotatable bonds is 5. The molecule has 0 radical (unpaired) electrons. The summed E-state index contributed by atoms with van der Waals surface area (Å²) in [7, 11) is 1.69. The van der Waals surface area contributed by atoms with Gasteiger partial charge in [-0.05, 0) is 43.3 Å². The monoisotopic (exact) mass is 345 g/mol. The molecule has 0 fully saturated rings. The van der Waals surface area contributed by atoms with Gasteiger partial charge in [-0.2, -0.15) is 0 Å². The van der Waals surface area contributed by atoms with Gasteiger partial charge in [-0.15, -0.1) is 0 Å². The highest BCUT2D eigenvalue weighted by atomic mass is 19.1. The van der Waals surface area contributed by atoms with E-state index < -0.39 is 6.10 Å². The van der Waals surface area contributed by atoms with Crippen molar-refractivity contribution >= 4 is 5.91 Å². The third-order valence-electron chi connectivity index (χ3n) is 3.97. The highest BCUT2D eigenvalue weighted by molar-refractivity contribution is 5.82. The van der Waals surface area contributed by atoms with Crippen LogP contribution in [-0.4, -0.2) is 43.2 Å². The maximum absolute atomic E-state index is 12.9. The van der Waals surface area contributed by atoms with Crippen molar-refractivity contribution in [2.24, 2.45) is 0 Å². The second-order valence-corrected chi connectivity index (χ2v) is 5.87. The van der Waals surface area contributed by atoms with E-state index in [-0.39, 0.29) is 17.8 Å². The van der Waals surface area contributed by atoms with Gasteiger partial charge in [-0.3, -0.25) is 4.79 Å². The van der Waals surface area contributed by atoms with Gasteiger partial charge in [0.05, 0.1) is 6.54 Å². The first kappa shape index (κ1) is 17.1. The van der Waals surface area contributed by atoms with Crippen molar-refractivity contribution in [2.75, 3.05) is 20.2 Å². The third kappa shape index (κ3) is 4.02. The minimum absolute atomic E-state index is 0.176. The number of carbonyl (C=O) groups excluding carboxylic acids is 1. The Balaban J connectivity index is 1.54. The number of nitrogens with zero attached hydrogens (tertiary/aromatic N) is 1. The highest BCUT2D eigenvalue weighted by Gasteiger charge is 2.35. The van der Waals surface area contributed by atoms with Crippen molar-refractivity contribution in [3.05, 3.63) is 54.3 Å². The zero-order valence-electron chi connectivity index (χ0n) is 14.1. The molecule has 1 aliphatic heterocycles. The summed E-state index contributed by atoms with van der Waals surface area (Å²) in [6, 6.07) is 13.0. The minimum Gasteiger partial charge on any atom is -0.492 e. The number of hydrogen-bond acceptors (Lipinski definition) is 4. The fourth-order valence-electron chi connectivity index (χ4n) is 2.55. The number of halogens is 1. The van der Waals surface area contributed by atoms with E-state index in [9.17, 15) is 9.18 Å². The predicted molar refractivity (Wildman–Crippen MR) is 90.5 cm³/mol. The van der Waals surface area contributed by atoms with Crippen LogP contribution >= 0.6 is 0 Å². The van der Waals surface area contributed by atoms with Crippen molar-refractivity contribution < 1.29 is 23.4 Å². The van der Waals surface area contributed by atoms with E-state index in [1.54, 1.807) is 37.1 Å². The molecule has 0 spiro atoms. The van der Waals surface area contributed by atoms with Gasteiger partial charge >= 0.3 is 0 Å². The summed E-state index contributed by atoms with van der Waals surface area (Å²) >= 11 is 0. The number of hydrogen-bond donors (Lipinski definition) is 0. The molecule has 1 amide bonds. The Bertz CT molecular complexity index is 734. The van der Waals surface area contributed by atoms with Gasteiger partial charge in [-0.1, -0.05) is 12.1 Å². The fourth-order valence-corrected chi connectivity index (χ4v) is 2.55. The molecule has 2 aromatic carbocycles.